The standard InChI is InChI=1S/C20H19N3O2/c1-12-13(2)22-17-11-14(7-8-16(17)21-12)20(25)23-10-9-19(24)15-5-3-4-6-18(15)23/h3-8,11,19,24H,9-10H2,1-2H3. The molecule has 126 valence electrons. The third-order valence-electron chi connectivity index (χ3n) is 4.78. The number of aryl methyl sites for hydroxylation is 2. The van der Waals surface area contributed by atoms with Gasteiger partial charge in [-0.25, -0.2) is 9.97 Å². The summed E-state index contributed by atoms with van der Waals surface area (Å²) in [7, 11) is 0. The molecule has 0 saturated heterocycles. The molecule has 1 N–H and O–H groups in total. The molecule has 5 nitrogen and oxygen atoms in total. The van der Waals surface area contributed by atoms with Crippen molar-refractivity contribution in [1.82, 2.24) is 9.97 Å². The molecule has 0 radical (unpaired) electrons. The van der Waals surface area contributed by atoms with Crippen LogP contribution in [-0.4, -0.2) is 27.5 Å². The highest BCUT2D eigenvalue weighted by Gasteiger charge is 2.28. The smallest absolute Gasteiger partial charge is 0.258 e. The number of carbonyl (C=O) groups is 1. The molecule has 2 aromatic carbocycles. The van der Waals surface area contributed by atoms with Gasteiger partial charge in [-0.1, -0.05) is 18.2 Å². The molecular formula is C20H19N3O2. The van der Waals surface area contributed by atoms with Crippen molar-refractivity contribution in [3.8, 4) is 0 Å². The molecule has 5 heteroatoms. The lowest BCUT2D eigenvalue weighted by atomic mass is 9.98. The van der Waals surface area contributed by atoms with Crippen molar-refractivity contribution in [3.63, 3.8) is 0 Å². The molecular weight excluding hydrogens is 314 g/mol. The van der Waals surface area contributed by atoms with Gasteiger partial charge in [-0.05, 0) is 44.5 Å². The van der Waals surface area contributed by atoms with Gasteiger partial charge in [0, 0.05) is 23.4 Å². The highest BCUT2D eigenvalue weighted by atomic mass is 16.3. The third kappa shape index (κ3) is 2.66. The number of fused-ring (bicyclic) bond motifs is 2. The number of carbonyl (C=O) groups excluding carboxylic acids is 1. The minimum atomic E-state index is -0.520. The number of para-hydroxylation sites is 1. The zero-order valence-corrected chi connectivity index (χ0v) is 14.2. The van der Waals surface area contributed by atoms with E-state index in [2.05, 4.69) is 9.97 Å². The monoisotopic (exact) mass is 333 g/mol. The Morgan fingerprint density at radius 2 is 1.80 bits per heavy atom. The summed E-state index contributed by atoms with van der Waals surface area (Å²) in [6.07, 6.45) is 0.0161. The van der Waals surface area contributed by atoms with Crippen molar-refractivity contribution < 1.29 is 9.90 Å². The first-order valence-electron chi connectivity index (χ1n) is 8.38. The summed E-state index contributed by atoms with van der Waals surface area (Å²) in [5.41, 5.74) is 5.42. The number of aliphatic hydroxyl groups excluding tert-OH is 1. The van der Waals surface area contributed by atoms with Crippen LogP contribution in [0.15, 0.2) is 42.5 Å². The lowest BCUT2D eigenvalue weighted by Crippen LogP contribution is -2.36. The summed E-state index contributed by atoms with van der Waals surface area (Å²) >= 11 is 0. The fourth-order valence-corrected chi connectivity index (χ4v) is 3.27. The molecule has 1 aliphatic rings. The van der Waals surface area contributed by atoms with E-state index >= 15 is 0 Å². The zero-order chi connectivity index (χ0) is 17.6. The SMILES string of the molecule is Cc1nc2ccc(C(=O)N3CCC(O)c4ccccc43)cc2nc1C. The number of aliphatic hydroxyl groups is 1. The van der Waals surface area contributed by atoms with Crippen LogP contribution in [0.2, 0.25) is 0 Å². The van der Waals surface area contributed by atoms with Crippen LogP contribution in [0.5, 0.6) is 0 Å². The van der Waals surface area contributed by atoms with Crippen LogP contribution in [0.4, 0.5) is 5.69 Å². The molecule has 0 spiro atoms. The van der Waals surface area contributed by atoms with Crippen LogP contribution in [0.25, 0.3) is 11.0 Å². The number of nitrogens with zero attached hydrogens (tertiary/aromatic N) is 3. The van der Waals surface area contributed by atoms with Gasteiger partial charge in [-0.2, -0.15) is 0 Å². The molecule has 1 amide bonds. The van der Waals surface area contributed by atoms with Gasteiger partial charge >= 0.3 is 0 Å². The van der Waals surface area contributed by atoms with E-state index in [1.165, 1.54) is 0 Å². The van der Waals surface area contributed by atoms with Gasteiger partial charge in [0.25, 0.3) is 5.91 Å². The second-order valence-corrected chi connectivity index (χ2v) is 6.42. The van der Waals surface area contributed by atoms with Crippen LogP contribution < -0.4 is 4.90 Å². The van der Waals surface area contributed by atoms with Gasteiger partial charge in [0.05, 0.1) is 28.5 Å². The van der Waals surface area contributed by atoms with Crippen molar-refractivity contribution in [3.05, 3.63) is 65.0 Å². The Morgan fingerprint density at radius 3 is 2.60 bits per heavy atom. The number of rotatable bonds is 1. The first-order valence-corrected chi connectivity index (χ1v) is 8.38. The molecule has 4 rings (SSSR count). The quantitative estimate of drug-likeness (QED) is 0.742. The lowest BCUT2D eigenvalue weighted by molar-refractivity contribution is 0.0970. The fourth-order valence-electron chi connectivity index (χ4n) is 3.27. The third-order valence-corrected chi connectivity index (χ3v) is 4.78. The van der Waals surface area contributed by atoms with Gasteiger partial charge in [0.1, 0.15) is 0 Å². The number of aromatic nitrogens is 2. The van der Waals surface area contributed by atoms with Gasteiger partial charge in [0.2, 0.25) is 0 Å². The summed E-state index contributed by atoms with van der Waals surface area (Å²) in [6, 6.07) is 12.9. The van der Waals surface area contributed by atoms with Crippen LogP contribution in [0, 0.1) is 13.8 Å². The minimum Gasteiger partial charge on any atom is -0.388 e. The number of hydrogen-bond donors (Lipinski definition) is 1. The molecule has 25 heavy (non-hydrogen) atoms. The van der Waals surface area contributed by atoms with E-state index in [0.29, 0.717) is 18.5 Å². The maximum Gasteiger partial charge on any atom is 0.258 e. The average molecular weight is 333 g/mol. The maximum absolute atomic E-state index is 13.1. The first kappa shape index (κ1) is 15.7. The highest BCUT2D eigenvalue weighted by Crippen LogP contribution is 2.34. The maximum atomic E-state index is 13.1. The predicted molar refractivity (Wildman–Crippen MR) is 96.7 cm³/mol. The molecule has 1 atom stereocenters. The van der Waals surface area contributed by atoms with Gasteiger partial charge in [-0.3, -0.25) is 4.79 Å². The van der Waals surface area contributed by atoms with Crippen molar-refractivity contribution >= 4 is 22.6 Å². The summed E-state index contributed by atoms with van der Waals surface area (Å²) in [4.78, 5) is 23.9. The Kier molecular flexibility index (Phi) is 3.73. The van der Waals surface area contributed by atoms with Gasteiger partial charge < -0.3 is 10.0 Å². The molecule has 2 heterocycles. The van der Waals surface area contributed by atoms with E-state index in [9.17, 15) is 9.90 Å². The van der Waals surface area contributed by atoms with Crippen LogP contribution in [0.1, 0.15) is 39.8 Å². The van der Waals surface area contributed by atoms with E-state index in [1.807, 2.05) is 44.2 Å². The molecule has 1 aromatic heterocycles. The van der Waals surface area contributed by atoms with E-state index in [-0.39, 0.29) is 5.91 Å². The molecule has 1 unspecified atom stereocenters. The Hall–Kier alpha value is -2.79. The summed E-state index contributed by atoms with van der Waals surface area (Å²) in [6.45, 7) is 4.34. The summed E-state index contributed by atoms with van der Waals surface area (Å²) in [5.74, 6) is -0.0821. The van der Waals surface area contributed by atoms with Crippen molar-refractivity contribution in [2.45, 2.75) is 26.4 Å². The molecule has 0 fully saturated rings. The number of amides is 1. The largest absolute Gasteiger partial charge is 0.388 e. The molecule has 0 aliphatic carbocycles. The normalized spacial score (nSPS) is 16.8. The van der Waals surface area contributed by atoms with Crippen molar-refractivity contribution in [2.75, 3.05) is 11.4 Å². The molecule has 3 aromatic rings. The Bertz CT molecular complexity index is 984. The van der Waals surface area contributed by atoms with E-state index in [1.54, 1.807) is 17.0 Å². The first-order chi connectivity index (χ1) is 12.0. The highest BCUT2D eigenvalue weighted by molar-refractivity contribution is 6.08. The predicted octanol–water partition coefficient (Wildman–Crippen LogP) is 3.33. The van der Waals surface area contributed by atoms with Crippen molar-refractivity contribution in [1.29, 1.82) is 0 Å². The number of benzene rings is 2. The van der Waals surface area contributed by atoms with Crippen LogP contribution in [-0.2, 0) is 0 Å². The molecule has 0 saturated carbocycles. The van der Waals surface area contributed by atoms with Gasteiger partial charge in [-0.15, -0.1) is 0 Å². The van der Waals surface area contributed by atoms with E-state index in [0.717, 1.165) is 33.7 Å². The van der Waals surface area contributed by atoms with Crippen LogP contribution >= 0.6 is 0 Å². The Labute approximate surface area is 146 Å². The molecule has 0 bridgehead atoms. The second kappa shape index (κ2) is 5.93. The number of anilines is 1. The minimum absolute atomic E-state index is 0.0821. The molecule has 1 aliphatic heterocycles. The van der Waals surface area contributed by atoms with Crippen LogP contribution in [0.3, 0.4) is 0 Å². The fraction of sp³-hybridized carbons (Fsp3) is 0.250. The number of hydrogen-bond acceptors (Lipinski definition) is 4. The topological polar surface area (TPSA) is 66.3 Å². The summed E-state index contributed by atoms with van der Waals surface area (Å²) in [5, 5.41) is 10.2. The van der Waals surface area contributed by atoms with E-state index in [4.69, 9.17) is 0 Å². The van der Waals surface area contributed by atoms with Crippen molar-refractivity contribution in [2.24, 2.45) is 0 Å². The lowest BCUT2D eigenvalue weighted by Gasteiger charge is -2.32. The zero-order valence-electron chi connectivity index (χ0n) is 14.2. The second-order valence-electron chi connectivity index (χ2n) is 6.42. The summed E-state index contributed by atoms with van der Waals surface area (Å²) < 4.78 is 0. The van der Waals surface area contributed by atoms with Gasteiger partial charge in [0.15, 0.2) is 0 Å². The van der Waals surface area contributed by atoms with E-state index < -0.39 is 6.10 Å². The average Bonchev–Trinajstić information content (AvgIpc) is 2.62. The Balaban J connectivity index is 1.75. The Morgan fingerprint density at radius 1 is 1.08 bits per heavy atom.